The molecule has 0 aromatic heterocycles. The van der Waals surface area contributed by atoms with Gasteiger partial charge in [-0.2, -0.15) is 0 Å². The van der Waals surface area contributed by atoms with E-state index >= 15 is 0 Å². The SMILES string of the molecule is COc1ccc(COc2ccc([N+](=O)[O-])c(C)c2)cc1F. The maximum atomic E-state index is 13.5. The maximum Gasteiger partial charge on any atom is 0.272 e. The Labute approximate surface area is 121 Å². The normalized spacial score (nSPS) is 10.2. The summed E-state index contributed by atoms with van der Waals surface area (Å²) >= 11 is 0. The third-order valence-corrected chi connectivity index (χ3v) is 2.99. The Balaban J connectivity index is 2.08. The number of nitrogens with zero attached hydrogens (tertiary/aromatic N) is 1. The number of hydrogen-bond donors (Lipinski definition) is 0. The summed E-state index contributed by atoms with van der Waals surface area (Å²) in [6.07, 6.45) is 0. The highest BCUT2D eigenvalue weighted by atomic mass is 19.1. The van der Waals surface area contributed by atoms with Crippen LogP contribution in [0.3, 0.4) is 0 Å². The van der Waals surface area contributed by atoms with E-state index < -0.39 is 10.7 Å². The van der Waals surface area contributed by atoms with Crippen molar-refractivity contribution in [3.63, 3.8) is 0 Å². The van der Waals surface area contributed by atoms with Gasteiger partial charge in [-0.1, -0.05) is 6.07 Å². The second-order valence-electron chi connectivity index (χ2n) is 4.46. The van der Waals surface area contributed by atoms with Crippen molar-refractivity contribution in [3.05, 3.63) is 63.5 Å². The summed E-state index contributed by atoms with van der Waals surface area (Å²) in [5.41, 5.74) is 1.19. The Bertz CT molecular complexity index is 673. The average molecular weight is 291 g/mol. The van der Waals surface area contributed by atoms with Crippen LogP contribution in [0.5, 0.6) is 11.5 Å². The summed E-state index contributed by atoms with van der Waals surface area (Å²) in [4.78, 5) is 10.3. The predicted molar refractivity (Wildman–Crippen MR) is 75.1 cm³/mol. The number of methoxy groups -OCH3 is 1. The molecular formula is C15H14FNO4. The standard InChI is InChI=1S/C15H14FNO4/c1-10-7-12(4-5-14(10)17(18)19)21-9-11-3-6-15(20-2)13(16)8-11/h3-8H,9H2,1-2H3. The van der Waals surface area contributed by atoms with Crippen LogP contribution in [-0.4, -0.2) is 12.0 Å². The summed E-state index contributed by atoms with van der Waals surface area (Å²) in [7, 11) is 1.40. The van der Waals surface area contributed by atoms with Crippen LogP contribution >= 0.6 is 0 Å². The van der Waals surface area contributed by atoms with Crippen LogP contribution in [0, 0.1) is 22.9 Å². The molecule has 2 aromatic rings. The van der Waals surface area contributed by atoms with E-state index in [1.807, 2.05) is 0 Å². The number of aryl methyl sites for hydroxylation is 1. The molecule has 2 aromatic carbocycles. The lowest BCUT2D eigenvalue weighted by Gasteiger charge is -2.08. The van der Waals surface area contributed by atoms with E-state index in [0.717, 1.165) is 0 Å². The van der Waals surface area contributed by atoms with Gasteiger partial charge in [0, 0.05) is 11.6 Å². The molecule has 0 amide bonds. The van der Waals surface area contributed by atoms with Gasteiger partial charge in [-0.3, -0.25) is 10.1 Å². The van der Waals surface area contributed by atoms with Crippen LogP contribution in [0.25, 0.3) is 0 Å². The molecule has 0 aliphatic carbocycles. The largest absolute Gasteiger partial charge is 0.494 e. The maximum absolute atomic E-state index is 13.5. The number of ether oxygens (including phenoxy) is 2. The quantitative estimate of drug-likeness (QED) is 0.623. The van der Waals surface area contributed by atoms with Gasteiger partial charge in [0.2, 0.25) is 0 Å². The zero-order valence-corrected chi connectivity index (χ0v) is 11.6. The highest BCUT2D eigenvalue weighted by Crippen LogP contribution is 2.24. The third kappa shape index (κ3) is 3.47. The molecule has 110 valence electrons. The molecule has 0 atom stereocenters. The lowest BCUT2D eigenvalue weighted by molar-refractivity contribution is -0.385. The fourth-order valence-corrected chi connectivity index (χ4v) is 1.89. The van der Waals surface area contributed by atoms with Crippen molar-refractivity contribution in [1.82, 2.24) is 0 Å². The minimum atomic E-state index is -0.460. The van der Waals surface area contributed by atoms with Crippen molar-refractivity contribution in [2.45, 2.75) is 13.5 Å². The molecule has 0 aliphatic rings. The van der Waals surface area contributed by atoms with Crippen LogP contribution < -0.4 is 9.47 Å². The molecule has 0 saturated heterocycles. The minimum absolute atomic E-state index is 0.0397. The van der Waals surface area contributed by atoms with Gasteiger partial charge in [0.25, 0.3) is 5.69 Å². The van der Waals surface area contributed by atoms with Crippen molar-refractivity contribution in [2.24, 2.45) is 0 Å². The minimum Gasteiger partial charge on any atom is -0.494 e. The molecule has 6 heteroatoms. The van der Waals surface area contributed by atoms with E-state index in [-0.39, 0.29) is 18.0 Å². The van der Waals surface area contributed by atoms with E-state index in [1.54, 1.807) is 19.1 Å². The number of nitro benzene ring substituents is 1. The number of rotatable bonds is 5. The summed E-state index contributed by atoms with van der Waals surface area (Å²) in [6.45, 7) is 1.80. The van der Waals surface area contributed by atoms with Crippen LogP contribution in [0.1, 0.15) is 11.1 Å². The molecule has 21 heavy (non-hydrogen) atoms. The first-order chi connectivity index (χ1) is 10.0. The van der Waals surface area contributed by atoms with Crippen LogP contribution in [-0.2, 0) is 6.61 Å². The highest BCUT2D eigenvalue weighted by Gasteiger charge is 2.11. The zero-order valence-electron chi connectivity index (χ0n) is 11.6. The summed E-state index contributed by atoms with van der Waals surface area (Å²) in [5, 5.41) is 10.7. The average Bonchev–Trinajstić information content (AvgIpc) is 2.45. The van der Waals surface area contributed by atoms with Gasteiger partial charge < -0.3 is 9.47 Å². The van der Waals surface area contributed by atoms with Crippen molar-refractivity contribution >= 4 is 5.69 Å². The van der Waals surface area contributed by atoms with Crippen molar-refractivity contribution in [2.75, 3.05) is 7.11 Å². The van der Waals surface area contributed by atoms with Gasteiger partial charge in [-0.15, -0.1) is 0 Å². The van der Waals surface area contributed by atoms with Gasteiger partial charge in [0.05, 0.1) is 12.0 Å². The summed E-state index contributed by atoms with van der Waals surface area (Å²) < 4.78 is 23.9. The molecule has 5 nitrogen and oxygen atoms in total. The van der Waals surface area contributed by atoms with Gasteiger partial charge in [-0.05, 0) is 36.8 Å². The Morgan fingerprint density at radius 1 is 1.24 bits per heavy atom. The van der Waals surface area contributed by atoms with Gasteiger partial charge in [-0.25, -0.2) is 4.39 Å². The van der Waals surface area contributed by atoms with E-state index in [0.29, 0.717) is 16.9 Å². The Morgan fingerprint density at radius 2 is 2.00 bits per heavy atom. The molecule has 0 saturated carbocycles. The van der Waals surface area contributed by atoms with Gasteiger partial charge in [0.15, 0.2) is 11.6 Å². The Kier molecular flexibility index (Phi) is 4.37. The summed E-state index contributed by atoms with van der Waals surface area (Å²) in [5.74, 6) is 0.206. The Morgan fingerprint density at radius 3 is 2.57 bits per heavy atom. The van der Waals surface area contributed by atoms with Gasteiger partial charge in [0.1, 0.15) is 12.4 Å². The number of nitro groups is 1. The van der Waals surface area contributed by atoms with Crippen LogP contribution in [0.2, 0.25) is 0 Å². The molecule has 0 heterocycles. The Hall–Kier alpha value is -2.63. The smallest absolute Gasteiger partial charge is 0.272 e. The topological polar surface area (TPSA) is 61.6 Å². The third-order valence-electron chi connectivity index (χ3n) is 2.99. The van der Waals surface area contributed by atoms with E-state index in [4.69, 9.17) is 9.47 Å². The second-order valence-corrected chi connectivity index (χ2v) is 4.46. The monoisotopic (exact) mass is 291 g/mol. The molecule has 0 fully saturated rings. The lowest BCUT2D eigenvalue weighted by atomic mass is 10.2. The number of benzene rings is 2. The lowest BCUT2D eigenvalue weighted by Crippen LogP contribution is -1.98. The predicted octanol–water partition coefficient (Wildman–Crippen LogP) is 3.63. The fourth-order valence-electron chi connectivity index (χ4n) is 1.89. The molecule has 0 bridgehead atoms. The van der Waals surface area contributed by atoms with Crippen LogP contribution in [0.4, 0.5) is 10.1 Å². The molecule has 0 aliphatic heterocycles. The second kappa shape index (κ2) is 6.21. The zero-order chi connectivity index (χ0) is 15.4. The van der Waals surface area contributed by atoms with E-state index in [2.05, 4.69) is 0 Å². The number of halogens is 1. The first-order valence-electron chi connectivity index (χ1n) is 6.21. The molecule has 0 radical (unpaired) electrons. The first kappa shape index (κ1) is 14.8. The van der Waals surface area contributed by atoms with Crippen molar-refractivity contribution in [3.8, 4) is 11.5 Å². The van der Waals surface area contributed by atoms with E-state index in [9.17, 15) is 14.5 Å². The molecule has 2 rings (SSSR count). The van der Waals surface area contributed by atoms with Crippen LogP contribution in [0.15, 0.2) is 36.4 Å². The van der Waals surface area contributed by atoms with Crippen molar-refractivity contribution < 1.29 is 18.8 Å². The molecule has 0 N–H and O–H groups in total. The highest BCUT2D eigenvalue weighted by molar-refractivity contribution is 5.44. The van der Waals surface area contributed by atoms with Crippen molar-refractivity contribution in [1.29, 1.82) is 0 Å². The first-order valence-corrected chi connectivity index (χ1v) is 6.21. The van der Waals surface area contributed by atoms with E-state index in [1.165, 1.54) is 31.4 Å². The molecule has 0 unspecified atom stereocenters. The molecule has 0 spiro atoms. The number of hydrogen-bond acceptors (Lipinski definition) is 4. The van der Waals surface area contributed by atoms with Gasteiger partial charge >= 0.3 is 0 Å². The fraction of sp³-hybridized carbons (Fsp3) is 0.200. The summed E-state index contributed by atoms with van der Waals surface area (Å²) in [6, 6.07) is 9.04. The molecular weight excluding hydrogens is 277 g/mol.